The van der Waals surface area contributed by atoms with E-state index in [1.165, 1.54) is 73.1 Å². The highest BCUT2D eigenvalue weighted by molar-refractivity contribution is 5.64. The summed E-state index contributed by atoms with van der Waals surface area (Å²) in [5, 5.41) is 9.97. The van der Waals surface area contributed by atoms with Crippen LogP contribution in [0.5, 0.6) is 23.0 Å². The van der Waals surface area contributed by atoms with Gasteiger partial charge in [-0.05, 0) is 111 Å². The SMILES string of the molecule is CCN(Cc1ccc(OCCN2CCCCCCC2)cc1)c1cc(OC)c(OC)cc1C1CCc2cc(O)ccc2C1. The number of aryl methyl sites for hydroxylation is 1. The van der Waals surface area contributed by atoms with E-state index < -0.39 is 0 Å². The van der Waals surface area contributed by atoms with E-state index in [-0.39, 0.29) is 0 Å². The van der Waals surface area contributed by atoms with Crippen molar-refractivity contribution < 1.29 is 19.3 Å². The quantitative estimate of drug-likeness (QED) is 0.259. The van der Waals surface area contributed by atoms with Crippen molar-refractivity contribution in [2.24, 2.45) is 0 Å². The molecule has 1 atom stereocenters. The fraction of sp³-hybridized carbons (Fsp3) is 0.500. The van der Waals surface area contributed by atoms with Gasteiger partial charge in [0.05, 0.1) is 14.2 Å². The van der Waals surface area contributed by atoms with E-state index in [1.54, 1.807) is 20.3 Å². The number of rotatable bonds is 11. The lowest BCUT2D eigenvalue weighted by Gasteiger charge is -2.32. The molecular formula is C36H48N2O4. The lowest BCUT2D eigenvalue weighted by Crippen LogP contribution is -2.31. The number of phenolic OH excluding ortho intramolecular Hbond substituents is 1. The topological polar surface area (TPSA) is 54.4 Å². The number of hydrogen-bond donors (Lipinski definition) is 1. The summed E-state index contributed by atoms with van der Waals surface area (Å²) in [5.41, 5.74) is 6.30. The van der Waals surface area contributed by atoms with Crippen LogP contribution in [-0.4, -0.2) is 57.0 Å². The number of benzene rings is 3. The van der Waals surface area contributed by atoms with Crippen LogP contribution in [0.2, 0.25) is 0 Å². The van der Waals surface area contributed by atoms with Gasteiger partial charge in [0.25, 0.3) is 0 Å². The number of aromatic hydroxyl groups is 1. The number of methoxy groups -OCH3 is 2. The lowest BCUT2D eigenvalue weighted by atomic mass is 9.79. The van der Waals surface area contributed by atoms with Gasteiger partial charge in [0, 0.05) is 31.4 Å². The molecule has 1 N–H and O–H groups in total. The Kier molecular flexibility index (Phi) is 10.5. The second-order valence-electron chi connectivity index (χ2n) is 11.8. The van der Waals surface area contributed by atoms with Crippen molar-refractivity contribution in [2.45, 2.75) is 70.8 Å². The fourth-order valence-corrected chi connectivity index (χ4v) is 6.60. The fourth-order valence-electron chi connectivity index (χ4n) is 6.60. The molecule has 1 heterocycles. The number of anilines is 1. The van der Waals surface area contributed by atoms with Crippen molar-refractivity contribution in [1.29, 1.82) is 0 Å². The number of likely N-dealkylation sites (tertiary alicyclic amines) is 1. The van der Waals surface area contributed by atoms with E-state index in [2.05, 4.69) is 59.2 Å². The summed E-state index contributed by atoms with van der Waals surface area (Å²) in [6, 6.07) is 18.7. The molecule has 1 saturated heterocycles. The molecule has 1 fully saturated rings. The lowest BCUT2D eigenvalue weighted by molar-refractivity contribution is 0.195. The molecule has 0 radical (unpaired) electrons. The zero-order valence-corrected chi connectivity index (χ0v) is 25.7. The number of ether oxygens (including phenoxy) is 3. The molecule has 1 aliphatic heterocycles. The number of nitrogens with zero attached hydrogens (tertiary/aromatic N) is 2. The Morgan fingerprint density at radius 2 is 1.57 bits per heavy atom. The predicted molar refractivity (Wildman–Crippen MR) is 171 cm³/mol. The molecule has 0 aromatic heterocycles. The Morgan fingerprint density at radius 1 is 0.857 bits per heavy atom. The molecule has 1 unspecified atom stereocenters. The maximum atomic E-state index is 9.97. The molecule has 6 nitrogen and oxygen atoms in total. The first kappa shape index (κ1) is 30.1. The summed E-state index contributed by atoms with van der Waals surface area (Å²) in [6.45, 7) is 8.01. The summed E-state index contributed by atoms with van der Waals surface area (Å²) < 4.78 is 17.6. The number of phenols is 1. The van der Waals surface area contributed by atoms with Crippen LogP contribution in [0.15, 0.2) is 54.6 Å². The third-order valence-electron chi connectivity index (χ3n) is 9.04. The first-order valence-electron chi connectivity index (χ1n) is 15.8. The van der Waals surface area contributed by atoms with Gasteiger partial charge in [-0.25, -0.2) is 0 Å². The average Bonchev–Trinajstić information content (AvgIpc) is 3.00. The highest BCUT2D eigenvalue weighted by Gasteiger charge is 2.26. The van der Waals surface area contributed by atoms with Crippen molar-refractivity contribution >= 4 is 5.69 Å². The van der Waals surface area contributed by atoms with Crippen LogP contribution in [0.25, 0.3) is 0 Å². The van der Waals surface area contributed by atoms with E-state index in [4.69, 9.17) is 14.2 Å². The Hall–Kier alpha value is -3.38. The molecular weight excluding hydrogens is 524 g/mol. The average molecular weight is 573 g/mol. The maximum Gasteiger partial charge on any atom is 0.162 e. The molecule has 0 saturated carbocycles. The Balaban J connectivity index is 1.29. The van der Waals surface area contributed by atoms with E-state index in [1.807, 2.05) is 6.07 Å². The molecule has 5 rings (SSSR count). The third kappa shape index (κ3) is 7.52. The molecule has 3 aromatic rings. The molecule has 42 heavy (non-hydrogen) atoms. The van der Waals surface area contributed by atoms with E-state index >= 15 is 0 Å². The zero-order chi connectivity index (χ0) is 29.3. The minimum atomic E-state index is 0.348. The second-order valence-corrected chi connectivity index (χ2v) is 11.8. The van der Waals surface area contributed by atoms with Crippen molar-refractivity contribution in [2.75, 3.05) is 51.9 Å². The van der Waals surface area contributed by atoms with E-state index in [9.17, 15) is 5.11 Å². The number of hydrogen-bond acceptors (Lipinski definition) is 6. The van der Waals surface area contributed by atoms with Gasteiger partial charge >= 0.3 is 0 Å². The Bertz CT molecular complexity index is 1280. The smallest absolute Gasteiger partial charge is 0.162 e. The molecule has 2 aliphatic rings. The molecule has 3 aromatic carbocycles. The van der Waals surface area contributed by atoms with Crippen molar-refractivity contribution in [3.63, 3.8) is 0 Å². The molecule has 6 heteroatoms. The maximum absolute atomic E-state index is 9.97. The molecule has 0 amide bonds. The van der Waals surface area contributed by atoms with Gasteiger partial charge in [-0.15, -0.1) is 0 Å². The second kappa shape index (κ2) is 14.7. The highest BCUT2D eigenvalue weighted by atomic mass is 16.5. The highest BCUT2D eigenvalue weighted by Crippen LogP contribution is 2.43. The first-order chi connectivity index (χ1) is 20.6. The first-order valence-corrected chi connectivity index (χ1v) is 15.8. The zero-order valence-electron chi connectivity index (χ0n) is 25.7. The van der Waals surface area contributed by atoms with Gasteiger partial charge in [0.1, 0.15) is 18.1 Å². The molecule has 1 aliphatic carbocycles. The summed E-state index contributed by atoms with van der Waals surface area (Å²) in [7, 11) is 3.41. The van der Waals surface area contributed by atoms with Crippen LogP contribution in [0, 0.1) is 0 Å². The predicted octanol–water partition coefficient (Wildman–Crippen LogP) is 7.35. The van der Waals surface area contributed by atoms with Gasteiger partial charge in [0.15, 0.2) is 11.5 Å². The summed E-state index contributed by atoms with van der Waals surface area (Å²) in [4.78, 5) is 4.99. The minimum Gasteiger partial charge on any atom is -0.508 e. The van der Waals surface area contributed by atoms with Gasteiger partial charge < -0.3 is 24.2 Å². The summed E-state index contributed by atoms with van der Waals surface area (Å²) in [6.07, 6.45) is 9.65. The standard InChI is InChI=1S/C36H48N2O4/c1-4-38(26-27-10-16-32(17-11-27)42-21-20-37-18-8-6-5-7-9-19-37)34-25-36(41-3)35(40-2)24-33(34)30-13-12-29-23-31(39)15-14-28(29)22-30/h10-11,14-17,23-25,30,39H,4-9,12-13,18-22,26H2,1-3H3. The molecule has 0 bridgehead atoms. The van der Waals surface area contributed by atoms with Gasteiger partial charge in [-0.1, -0.05) is 37.5 Å². The van der Waals surface area contributed by atoms with Gasteiger partial charge in [-0.3, -0.25) is 4.90 Å². The van der Waals surface area contributed by atoms with Crippen LogP contribution < -0.4 is 19.1 Å². The van der Waals surface area contributed by atoms with Crippen molar-refractivity contribution in [3.05, 3.63) is 76.9 Å². The van der Waals surface area contributed by atoms with Crippen LogP contribution in [-0.2, 0) is 19.4 Å². The van der Waals surface area contributed by atoms with Crippen molar-refractivity contribution in [1.82, 2.24) is 4.90 Å². The van der Waals surface area contributed by atoms with E-state index in [0.29, 0.717) is 11.7 Å². The Labute approximate surface area is 252 Å². The molecule has 0 spiro atoms. The minimum absolute atomic E-state index is 0.348. The third-order valence-corrected chi connectivity index (χ3v) is 9.04. The monoisotopic (exact) mass is 572 g/mol. The van der Waals surface area contributed by atoms with Crippen LogP contribution >= 0.6 is 0 Å². The summed E-state index contributed by atoms with van der Waals surface area (Å²) in [5.74, 6) is 3.16. The van der Waals surface area contributed by atoms with Crippen LogP contribution in [0.4, 0.5) is 5.69 Å². The Morgan fingerprint density at radius 3 is 2.29 bits per heavy atom. The van der Waals surface area contributed by atoms with Gasteiger partial charge in [-0.2, -0.15) is 0 Å². The van der Waals surface area contributed by atoms with Crippen LogP contribution in [0.3, 0.4) is 0 Å². The van der Waals surface area contributed by atoms with E-state index in [0.717, 1.165) is 62.8 Å². The normalized spacial score (nSPS) is 17.5. The van der Waals surface area contributed by atoms with Gasteiger partial charge in [0.2, 0.25) is 0 Å². The number of fused-ring (bicyclic) bond motifs is 1. The van der Waals surface area contributed by atoms with Crippen molar-refractivity contribution in [3.8, 4) is 23.0 Å². The summed E-state index contributed by atoms with van der Waals surface area (Å²) >= 11 is 0. The van der Waals surface area contributed by atoms with Crippen LogP contribution in [0.1, 0.15) is 73.6 Å². The largest absolute Gasteiger partial charge is 0.508 e. The molecule has 226 valence electrons.